The molecule has 0 aliphatic heterocycles. The first-order valence-corrected chi connectivity index (χ1v) is 4.14. The van der Waals surface area contributed by atoms with Crippen molar-refractivity contribution >= 4 is 17.3 Å². The van der Waals surface area contributed by atoms with Crippen molar-refractivity contribution in [3.63, 3.8) is 0 Å². The van der Waals surface area contributed by atoms with Crippen LogP contribution < -0.4 is 22.3 Å². The van der Waals surface area contributed by atoms with Crippen LogP contribution in [0.1, 0.15) is 6.92 Å². The lowest BCUT2D eigenvalue weighted by atomic mass is 10.4. The molecule has 0 aliphatic rings. The monoisotopic (exact) mass is 198 g/mol. The van der Waals surface area contributed by atoms with E-state index in [2.05, 4.69) is 20.7 Å². The van der Waals surface area contributed by atoms with Crippen molar-refractivity contribution in [3.8, 4) is 0 Å². The molecule has 1 heterocycles. The number of aliphatic hydroxyl groups is 1. The van der Waals surface area contributed by atoms with Crippen LogP contribution in [0.15, 0.2) is 6.33 Å². The highest BCUT2D eigenvalue weighted by molar-refractivity contribution is 5.74. The molecule has 1 unspecified atom stereocenters. The molecule has 0 saturated carbocycles. The van der Waals surface area contributed by atoms with Gasteiger partial charge in [0.2, 0.25) is 0 Å². The molecule has 1 atom stereocenters. The van der Waals surface area contributed by atoms with E-state index >= 15 is 0 Å². The second-order valence-electron chi connectivity index (χ2n) is 2.86. The minimum atomic E-state index is -0.475. The Bertz CT molecular complexity index is 302. The van der Waals surface area contributed by atoms with Crippen molar-refractivity contribution in [2.24, 2.45) is 5.84 Å². The van der Waals surface area contributed by atoms with E-state index in [4.69, 9.17) is 16.7 Å². The van der Waals surface area contributed by atoms with Gasteiger partial charge in [0.25, 0.3) is 0 Å². The average Bonchev–Trinajstić information content (AvgIpc) is 2.14. The highest BCUT2D eigenvalue weighted by atomic mass is 16.3. The van der Waals surface area contributed by atoms with Gasteiger partial charge in [0.1, 0.15) is 12.0 Å². The molecule has 0 radical (unpaired) electrons. The molecule has 0 bridgehead atoms. The summed E-state index contributed by atoms with van der Waals surface area (Å²) < 4.78 is 0. The van der Waals surface area contributed by atoms with Crippen LogP contribution in [0.2, 0.25) is 0 Å². The van der Waals surface area contributed by atoms with E-state index in [-0.39, 0.29) is 5.82 Å². The Balaban J connectivity index is 2.80. The van der Waals surface area contributed by atoms with Gasteiger partial charge >= 0.3 is 0 Å². The third kappa shape index (κ3) is 2.44. The number of hydrazine groups is 1. The molecule has 1 rings (SSSR count). The molecule has 0 saturated heterocycles. The van der Waals surface area contributed by atoms with Gasteiger partial charge in [0, 0.05) is 6.54 Å². The van der Waals surface area contributed by atoms with Crippen LogP contribution in [0.25, 0.3) is 0 Å². The maximum absolute atomic E-state index is 9.06. The Morgan fingerprint density at radius 1 is 1.57 bits per heavy atom. The summed E-state index contributed by atoms with van der Waals surface area (Å²) in [5.41, 5.74) is 8.36. The van der Waals surface area contributed by atoms with Crippen LogP contribution in [0.5, 0.6) is 0 Å². The lowest BCUT2D eigenvalue weighted by Crippen LogP contribution is -2.19. The number of anilines is 3. The van der Waals surface area contributed by atoms with Gasteiger partial charge in [-0.2, -0.15) is 0 Å². The molecule has 0 amide bonds. The number of nitrogen functional groups attached to an aromatic ring is 2. The average molecular weight is 198 g/mol. The number of nitrogens with two attached hydrogens (primary N) is 2. The summed E-state index contributed by atoms with van der Waals surface area (Å²) in [4.78, 5) is 7.69. The van der Waals surface area contributed by atoms with Crippen LogP contribution in [0.4, 0.5) is 17.3 Å². The second kappa shape index (κ2) is 4.58. The molecule has 1 aromatic rings. The molecule has 1 aromatic heterocycles. The molecule has 0 fully saturated rings. The summed E-state index contributed by atoms with van der Waals surface area (Å²) in [5.74, 6) is 5.98. The van der Waals surface area contributed by atoms with Crippen LogP contribution in [0.3, 0.4) is 0 Å². The number of aliphatic hydroxyl groups excluding tert-OH is 1. The smallest absolute Gasteiger partial charge is 0.156 e. The first kappa shape index (κ1) is 10.5. The van der Waals surface area contributed by atoms with E-state index in [1.807, 2.05) is 0 Å². The summed E-state index contributed by atoms with van der Waals surface area (Å²) >= 11 is 0. The van der Waals surface area contributed by atoms with E-state index in [0.717, 1.165) is 0 Å². The minimum Gasteiger partial charge on any atom is -0.392 e. The van der Waals surface area contributed by atoms with Crippen molar-refractivity contribution < 1.29 is 5.11 Å². The summed E-state index contributed by atoms with van der Waals surface area (Å²) in [7, 11) is 0. The standard InChI is InChI=1S/C7H14N6O/c1-4(14)2-10-7-5(13-9)6(8)11-3-12-7/h3-4,13-14H,2,9H2,1H3,(H3,8,10,11,12). The molecular weight excluding hydrogens is 184 g/mol. The van der Waals surface area contributed by atoms with Crippen LogP contribution >= 0.6 is 0 Å². The zero-order valence-electron chi connectivity index (χ0n) is 7.86. The van der Waals surface area contributed by atoms with E-state index in [0.29, 0.717) is 18.1 Å². The number of aromatic nitrogens is 2. The summed E-state index contributed by atoms with van der Waals surface area (Å²) in [6.07, 6.45) is 0.845. The predicted octanol–water partition coefficient (Wildman–Crippen LogP) is -0.863. The van der Waals surface area contributed by atoms with Crippen molar-refractivity contribution in [1.82, 2.24) is 9.97 Å². The maximum Gasteiger partial charge on any atom is 0.156 e. The Morgan fingerprint density at radius 2 is 2.29 bits per heavy atom. The van der Waals surface area contributed by atoms with E-state index in [1.54, 1.807) is 6.92 Å². The molecular formula is C7H14N6O. The Hall–Kier alpha value is -1.60. The van der Waals surface area contributed by atoms with Crippen molar-refractivity contribution in [2.45, 2.75) is 13.0 Å². The SMILES string of the molecule is CC(O)CNc1ncnc(N)c1NN. The van der Waals surface area contributed by atoms with E-state index in [9.17, 15) is 0 Å². The van der Waals surface area contributed by atoms with Crippen molar-refractivity contribution in [3.05, 3.63) is 6.33 Å². The predicted molar refractivity (Wildman–Crippen MR) is 54.4 cm³/mol. The van der Waals surface area contributed by atoms with Gasteiger partial charge < -0.3 is 21.6 Å². The molecule has 78 valence electrons. The fourth-order valence-electron chi connectivity index (χ4n) is 0.920. The Labute approximate surface area is 81.5 Å². The maximum atomic E-state index is 9.06. The third-order valence-electron chi connectivity index (χ3n) is 1.59. The quantitative estimate of drug-likeness (QED) is 0.315. The number of nitrogens with zero attached hydrogens (tertiary/aromatic N) is 2. The number of nitrogens with one attached hydrogen (secondary N) is 2. The molecule has 7 nitrogen and oxygen atoms in total. The summed E-state index contributed by atoms with van der Waals surface area (Å²) in [6, 6.07) is 0. The molecule has 14 heavy (non-hydrogen) atoms. The zero-order valence-corrected chi connectivity index (χ0v) is 7.86. The first-order valence-electron chi connectivity index (χ1n) is 4.14. The highest BCUT2D eigenvalue weighted by Gasteiger charge is 2.07. The van der Waals surface area contributed by atoms with Gasteiger partial charge in [0.15, 0.2) is 11.6 Å². The third-order valence-corrected chi connectivity index (χ3v) is 1.59. The lowest BCUT2D eigenvalue weighted by Gasteiger charge is -2.12. The number of hydrogen-bond acceptors (Lipinski definition) is 7. The largest absolute Gasteiger partial charge is 0.392 e. The highest BCUT2D eigenvalue weighted by Crippen LogP contribution is 2.21. The second-order valence-corrected chi connectivity index (χ2v) is 2.86. The van der Waals surface area contributed by atoms with E-state index < -0.39 is 6.10 Å². The number of hydrogen-bond donors (Lipinski definition) is 5. The van der Waals surface area contributed by atoms with Crippen LogP contribution in [-0.2, 0) is 0 Å². The zero-order chi connectivity index (χ0) is 10.6. The minimum absolute atomic E-state index is 0.260. The van der Waals surface area contributed by atoms with Gasteiger partial charge in [-0.15, -0.1) is 0 Å². The van der Waals surface area contributed by atoms with Gasteiger partial charge in [-0.05, 0) is 6.92 Å². The topological polar surface area (TPSA) is 122 Å². The lowest BCUT2D eigenvalue weighted by molar-refractivity contribution is 0.208. The molecule has 0 aliphatic carbocycles. The van der Waals surface area contributed by atoms with Gasteiger partial charge in [-0.1, -0.05) is 0 Å². The van der Waals surface area contributed by atoms with Gasteiger partial charge in [0.05, 0.1) is 6.10 Å². The molecule has 0 spiro atoms. The van der Waals surface area contributed by atoms with Crippen molar-refractivity contribution in [1.29, 1.82) is 0 Å². The summed E-state index contributed by atoms with van der Waals surface area (Å²) in [5, 5.41) is 11.9. The molecule has 7 N–H and O–H groups in total. The fourth-order valence-corrected chi connectivity index (χ4v) is 0.920. The molecule has 7 heteroatoms. The van der Waals surface area contributed by atoms with Crippen molar-refractivity contribution in [2.75, 3.05) is 23.0 Å². The first-order chi connectivity index (χ1) is 6.65. The summed E-state index contributed by atoms with van der Waals surface area (Å²) in [6.45, 7) is 2.03. The molecule has 0 aromatic carbocycles. The Morgan fingerprint density at radius 3 is 2.86 bits per heavy atom. The number of rotatable bonds is 4. The van der Waals surface area contributed by atoms with Gasteiger partial charge in [-0.25, -0.2) is 9.97 Å². The van der Waals surface area contributed by atoms with E-state index in [1.165, 1.54) is 6.33 Å². The fraction of sp³-hybridized carbons (Fsp3) is 0.429. The normalized spacial score (nSPS) is 12.2. The van der Waals surface area contributed by atoms with Gasteiger partial charge in [-0.3, -0.25) is 5.84 Å². The van der Waals surface area contributed by atoms with Crippen LogP contribution in [-0.4, -0.2) is 27.7 Å². The van der Waals surface area contributed by atoms with Crippen LogP contribution in [0, 0.1) is 0 Å². The Kier molecular flexibility index (Phi) is 3.43.